The summed E-state index contributed by atoms with van der Waals surface area (Å²) in [5.41, 5.74) is 3.46. The van der Waals surface area contributed by atoms with E-state index >= 15 is 0 Å². The molecule has 2 aromatic rings. The van der Waals surface area contributed by atoms with Crippen molar-refractivity contribution in [1.29, 1.82) is 0 Å². The minimum Gasteiger partial charge on any atom is -0.374 e. The maximum Gasteiger partial charge on any atom is 0.246 e. The summed E-state index contributed by atoms with van der Waals surface area (Å²) >= 11 is 0. The second-order valence-corrected chi connectivity index (χ2v) is 6.73. The number of Topliss-reactive ketones (excluding diaryl/α,β-unsaturated/α-hetero) is 1. The Morgan fingerprint density at radius 2 is 1.50 bits per heavy atom. The normalized spacial score (nSPS) is 14.8. The van der Waals surface area contributed by atoms with Crippen molar-refractivity contribution in [1.82, 2.24) is 0 Å². The van der Waals surface area contributed by atoms with E-state index in [4.69, 9.17) is 0 Å². The fourth-order valence-corrected chi connectivity index (χ4v) is 3.10. The van der Waals surface area contributed by atoms with Crippen LogP contribution >= 0.6 is 0 Å². The van der Waals surface area contributed by atoms with Crippen LogP contribution in [0.1, 0.15) is 37.0 Å². The molecule has 0 spiro atoms. The third-order valence-electron chi connectivity index (χ3n) is 4.67. The molecule has 5 heteroatoms. The van der Waals surface area contributed by atoms with Crippen molar-refractivity contribution in [2.75, 3.05) is 28.6 Å². The van der Waals surface area contributed by atoms with Crippen molar-refractivity contribution in [2.24, 2.45) is 0 Å². The smallest absolute Gasteiger partial charge is 0.246 e. The molecule has 1 saturated heterocycles. The summed E-state index contributed by atoms with van der Waals surface area (Å²) in [7, 11) is 0. The highest BCUT2D eigenvalue weighted by atomic mass is 16.2. The number of hydrogen-bond acceptors (Lipinski definition) is 4. The zero-order valence-corrected chi connectivity index (χ0v) is 15.3. The number of rotatable bonds is 6. The second-order valence-electron chi connectivity index (χ2n) is 6.73. The molecule has 26 heavy (non-hydrogen) atoms. The summed E-state index contributed by atoms with van der Waals surface area (Å²) in [6.07, 6.45) is 2.51. The molecule has 1 heterocycles. The lowest BCUT2D eigenvalue weighted by Crippen LogP contribution is -2.31. The molecule has 3 rings (SSSR count). The first kappa shape index (κ1) is 18.0. The molecule has 0 aliphatic carbocycles. The number of ketones is 1. The van der Waals surface area contributed by atoms with Gasteiger partial charge in [0.2, 0.25) is 5.91 Å². The molecule has 1 aliphatic rings. The predicted octanol–water partition coefficient (Wildman–Crippen LogP) is 3.93. The third-order valence-corrected chi connectivity index (χ3v) is 4.67. The first-order valence-corrected chi connectivity index (χ1v) is 9.06. The summed E-state index contributed by atoms with van der Waals surface area (Å²) in [5.74, 6) is -0.112. The van der Waals surface area contributed by atoms with Crippen LogP contribution in [0.4, 0.5) is 17.1 Å². The van der Waals surface area contributed by atoms with Crippen molar-refractivity contribution in [3.05, 3.63) is 54.1 Å². The molecular weight excluding hydrogens is 326 g/mol. The first-order chi connectivity index (χ1) is 12.5. The van der Waals surface area contributed by atoms with Gasteiger partial charge in [0.15, 0.2) is 5.78 Å². The van der Waals surface area contributed by atoms with Crippen LogP contribution in [0.3, 0.4) is 0 Å². The Bertz CT molecular complexity index is 763. The third kappa shape index (κ3) is 4.42. The van der Waals surface area contributed by atoms with E-state index in [-0.39, 0.29) is 17.7 Å². The zero-order valence-electron chi connectivity index (χ0n) is 15.3. The number of amides is 1. The van der Waals surface area contributed by atoms with Crippen molar-refractivity contribution >= 4 is 28.8 Å². The summed E-state index contributed by atoms with van der Waals surface area (Å²) in [6.45, 7) is 5.59. The van der Waals surface area contributed by atoms with Gasteiger partial charge in [-0.05, 0) is 75.2 Å². The number of nitrogens with zero attached hydrogens (tertiary/aromatic N) is 1. The van der Waals surface area contributed by atoms with Crippen LogP contribution in [-0.2, 0) is 4.79 Å². The van der Waals surface area contributed by atoms with E-state index in [9.17, 15) is 9.59 Å². The van der Waals surface area contributed by atoms with E-state index in [0.29, 0.717) is 11.3 Å². The molecule has 136 valence electrons. The van der Waals surface area contributed by atoms with Gasteiger partial charge in [0.1, 0.15) is 6.04 Å². The lowest BCUT2D eigenvalue weighted by molar-refractivity contribution is -0.116. The number of hydrogen-bond donors (Lipinski definition) is 2. The van der Waals surface area contributed by atoms with Crippen LogP contribution in [0.25, 0.3) is 0 Å². The van der Waals surface area contributed by atoms with Crippen molar-refractivity contribution in [2.45, 2.75) is 32.7 Å². The Labute approximate surface area is 154 Å². The van der Waals surface area contributed by atoms with Gasteiger partial charge in [-0.25, -0.2) is 0 Å². The molecule has 0 bridgehead atoms. The van der Waals surface area contributed by atoms with Gasteiger partial charge in [0, 0.05) is 35.7 Å². The summed E-state index contributed by atoms with van der Waals surface area (Å²) in [6, 6.07) is 14.8. The van der Waals surface area contributed by atoms with E-state index < -0.39 is 0 Å². The molecule has 5 nitrogen and oxygen atoms in total. The fourth-order valence-electron chi connectivity index (χ4n) is 3.10. The van der Waals surface area contributed by atoms with Crippen molar-refractivity contribution in [3.63, 3.8) is 0 Å². The van der Waals surface area contributed by atoms with Crippen LogP contribution in [0.5, 0.6) is 0 Å². The Morgan fingerprint density at radius 1 is 0.923 bits per heavy atom. The van der Waals surface area contributed by atoms with E-state index in [1.165, 1.54) is 25.5 Å². The Balaban J connectivity index is 1.55. The van der Waals surface area contributed by atoms with E-state index in [2.05, 4.69) is 27.7 Å². The minimum absolute atomic E-state index is 0.00953. The highest BCUT2D eigenvalue weighted by molar-refractivity contribution is 5.97. The maximum atomic E-state index is 12.4. The second kappa shape index (κ2) is 8.04. The number of carbonyl (C=O) groups is 2. The highest BCUT2D eigenvalue weighted by Gasteiger charge is 2.15. The number of anilines is 3. The number of carbonyl (C=O) groups excluding carboxylic acids is 2. The van der Waals surface area contributed by atoms with E-state index in [0.717, 1.165) is 18.8 Å². The molecule has 0 saturated carbocycles. The molecule has 0 aromatic heterocycles. The Kier molecular flexibility index (Phi) is 5.56. The zero-order chi connectivity index (χ0) is 18.5. The summed E-state index contributed by atoms with van der Waals surface area (Å²) in [5, 5.41) is 6.09. The van der Waals surface area contributed by atoms with Crippen molar-refractivity contribution in [3.8, 4) is 0 Å². The number of benzene rings is 2. The fraction of sp³-hybridized carbons (Fsp3) is 0.333. The first-order valence-electron chi connectivity index (χ1n) is 9.06. The molecule has 0 radical (unpaired) electrons. The predicted molar refractivity (Wildman–Crippen MR) is 106 cm³/mol. The molecule has 2 aromatic carbocycles. The molecule has 2 N–H and O–H groups in total. The topological polar surface area (TPSA) is 61.4 Å². The van der Waals surface area contributed by atoms with Gasteiger partial charge in [-0.2, -0.15) is 0 Å². The average Bonchev–Trinajstić information content (AvgIpc) is 3.17. The van der Waals surface area contributed by atoms with Crippen LogP contribution in [0.15, 0.2) is 48.5 Å². The van der Waals surface area contributed by atoms with Gasteiger partial charge in [0.05, 0.1) is 0 Å². The Hall–Kier alpha value is -2.82. The molecule has 1 atom stereocenters. The lowest BCUT2D eigenvalue weighted by Gasteiger charge is -2.19. The summed E-state index contributed by atoms with van der Waals surface area (Å²) < 4.78 is 0. The SMILES string of the molecule is CC(=O)c1ccc(NC(=O)[C@@H](C)Nc2ccc(N3CCCC3)cc2)cc1. The van der Waals surface area contributed by atoms with Crippen LogP contribution < -0.4 is 15.5 Å². The molecular formula is C21H25N3O2. The molecule has 0 unspecified atom stereocenters. The van der Waals surface area contributed by atoms with E-state index in [1.807, 2.05) is 19.1 Å². The van der Waals surface area contributed by atoms with Gasteiger partial charge in [-0.3, -0.25) is 9.59 Å². The molecule has 1 fully saturated rings. The summed E-state index contributed by atoms with van der Waals surface area (Å²) in [4.78, 5) is 26.0. The minimum atomic E-state index is -0.375. The molecule has 1 amide bonds. The Morgan fingerprint density at radius 3 is 2.08 bits per heavy atom. The number of nitrogens with one attached hydrogen (secondary N) is 2. The van der Waals surface area contributed by atoms with Crippen LogP contribution in [-0.4, -0.2) is 30.8 Å². The van der Waals surface area contributed by atoms with Gasteiger partial charge in [-0.1, -0.05) is 0 Å². The average molecular weight is 351 g/mol. The van der Waals surface area contributed by atoms with Crippen LogP contribution in [0, 0.1) is 0 Å². The quantitative estimate of drug-likeness (QED) is 0.774. The van der Waals surface area contributed by atoms with E-state index in [1.54, 1.807) is 24.3 Å². The molecule has 1 aliphatic heterocycles. The largest absolute Gasteiger partial charge is 0.374 e. The maximum absolute atomic E-state index is 12.4. The van der Waals surface area contributed by atoms with Gasteiger partial charge < -0.3 is 15.5 Å². The monoisotopic (exact) mass is 351 g/mol. The lowest BCUT2D eigenvalue weighted by atomic mass is 10.1. The highest BCUT2D eigenvalue weighted by Crippen LogP contribution is 2.22. The van der Waals surface area contributed by atoms with Crippen LogP contribution in [0.2, 0.25) is 0 Å². The van der Waals surface area contributed by atoms with Gasteiger partial charge in [0.25, 0.3) is 0 Å². The van der Waals surface area contributed by atoms with Gasteiger partial charge in [-0.15, -0.1) is 0 Å². The van der Waals surface area contributed by atoms with Crippen molar-refractivity contribution < 1.29 is 9.59 Å². The van der Waals surface area contributed by atoms with Gasteiger partial charge >= 0.3 is 0 Å². The standard InChI is InChI=1S/C21H25N3O2/c1-15(21(26)23-19-7-5-17(6-8-19)16(2)25)22-18-9-11-20(12-10-18)24-13-3-4-14-24/h5-12,15,22H,3-4,13-14H2,1-2H3,(H,23,26)/t15-/m1/s1.